The van der Waals surface area contributed by atoms with Crippen LogP contribution in [-0.4, -0.2) is 40.6 Å². The maximum absolute atomic E-state index is 12.6. The molecule has 0 bridgehead atoms. The van der Waals surface area contributed by atoms with Crippen LogP contribution in [0.3, 0.4) is 0 Å². The summed E-state index contributed by atoms with van der Waals surface area (Å²) in [5.41, 5.74) is 0.867. The van der Waals surface area contributed by atoms with Crippen LogP contribution in [0.2, 0.25) is 0 Å². The van der Waals surface area contributed by atoms with Crippen molar-refractivity contribution in [2.45, 2.75) is 31.2 Å². The van der Waals surface area contributed by atoms with E-state index in [9.17, 15) is 13.2 Å². The minimum atomic E-state index is -3.60. The molecule has 122 valence electrons. The Morgan fingerprint density at radius 2 is 2.14 bits per heavy atom. The van der Waals surface area contributed by atoms with E-state index < -0.39 is 16.0 Å². The van der Waals surface area contributed by atoms with Gasteiger partial charge in [-0.15, -0.1) is 0 Å². The van der Waals surface area contributed by atoms with Crippen LogP contribution in [0.15, 0.2) is 23.1 Å². The lowest BCUT2D eigenvalue weighted by Crippen LogP contribution is -2.48. The summed E-state index contributed by atoms with van der Waals surface area (Å²) in [6, 6.07) is 4.38. The summed E-state index contributed by atoms with van der Waals surface area (Å²) in [5, 5.41) is 3.24. The van der Waals surface area contributed by atoms with Crippen molar-refractivity contribution in [1.82, 2.24) is 10.0 Å². The van der Waals surface area contributed by atoms with E-state index in [0.29, 0.717) is 11.1 Å². The van der Waals surface area contributed by atoms with E-state index in [4.69, 9.17) is 0 Å². The number of carbonyl (C=O) groups excluding carboxylic acids is 1. The number of hydrogen-bond donors (Lipinski definition) is 2. The lowest BCUT2D eigenvalue weighted by atomic mass is 9.97. The Morgan fingerprint density at radius 3 is 2.73 bits per heavy atom. The lowest BCUT2D eigenvalue weighted by Gasteiger charge is -2.30. The third-order valence-corrected chi connectivity index (χ3v) is 5.63. The Hall–Kier alpha value is -1.44. The zero-order chi connectivity index (χ0) is 16.3. The summed E-state index contributed by atoms with van der Waals surface area (Å²) in [6.45, 7) is 5.30. The number of rotatable bonds is 4. The third-order valence-electron chi connectivity index (χ3n) is 3.98. The molecule has 2 N–H and O–H groups in total. The number of aryl methyl sites for hydroxylation is 1. The minimum absolute atomic E-state index is 0.0778. The molecule has 0 amide bonds. The van der Waals surface area contributed by atoms with Crippen molar-refractivity contribution in [3.05, 3.63) is 29.3 Å². The molecule has 2 rings (SSSR count). The van der Waals surface area contributed by atoms with Gasteiger partial charge in [-0.1, -0.05) is 6.92 Å². The second-order valence-corrected chi connectivity index (χ2v) is 7.35. The van der Waals surface area contributed by atoms with Crippen molar-refractivity contribution in [2.24, 2.45) is 5.92 Å². The number of esters is 1. The Morgan fingerprint density at radius 1 is 1.41 bits per heavy atom. The molecular formula is C15H22N2O4S. The normalized spacial score (nSPS) is 22.3. The van der Waals surface area contributed by atoms with E-state index in [2.05, 4.69) is 14.8 Å². The molecule has 0 radical (unpaired) electrons. The average Bonchev–Trinajstić information content (AvgIpc) is 2.48. The Bertz CT molecular complexity index is 658. The molecule has 7 heteroatoms. The first-order valence-corrected chi connectivity index (χ1v) is 8.75. The predicted molar refractivity (Wildman–Crippen MR) is 83.3 cm³/mol. The van der Waals surface area contributed by atoms with Crippen LogP contribution < -0.4 is 10.0 Å². The molecule has 0 saturated carbocycles. The van der Waals surface area contributed by atoms with Gasteiger partial charge in [-0.25, -0.2) is 17.9 Å². The van der Waals surface area contributed by atoms with E-state index in [0.717, 1.165) is 19.5 Å². The van der Waals surface area contributed by atoms with Crippen LogP contribution in [0.25, 0.3) is 0 Å². The maximum atomic E-state index is 12.6. The molecule has 1 aliphatic rings. The highest BCUT2D eigenvalue weighted by Crippen LogP contribution is 2.20. The number of sulfonamides is 1. The number of carbonyl (C=O) groups is 1. The van der Waals surface area contributed by atoms with Gasteiger partial charge in [0.1, 0.15) is 0 Å². The number of ether oxygens (including phenoxy) is 1. The van der Waals surface area contributed by atoms with E-state index in [1.807, 2.05) is 6.92 Å². The molecule has 2 atom stereocenters. The van der Waals surface area contributed by atoms with Crippen molar-refractivity contribution in [3.63, 3.8) is 0 Å². The molecule has 1 aromatic rings. The van der Waals surface area contributed by atoms with Gasteiger partial charge in [-0.3, -0.25) is 0 Å². The van der Waals surface area contributed by atoms with Gasteiger partial charge in [0.05, 0.1) is 17.6 Å². The fraction of sp³-hybridized carbons (Fsp3) is 0.533. The Balaban J connectivity index is 2.24. The van der Waals surface area contributed by atoms with Crippen molar-refractivity contribution >= 4 is 16.0 Å². The summed E-state index contributed by atoms with van der Waals surface area (Å²) in [7, 11) is -2.31. The van der Waals surface area contributed by atoms with Crippen LogP contribution in [-0.2, 0) is 14.8 Å². The lowest BCUT2D eigenvalue weighted by molar-refractivity contribution is 0.0600. The van der Waals surface area contributed by atoms with Crippen LogP contribution in [0, 0.1) is 12.8 Å². The zero-order valence-electron chi connectivity index (χ0n) is 13.0. The van der Waals surface area contributed by atoms with Crippen LogP contribution in [0.4, 0.5) is 0 Å². The molecule has 2 unspecified atom stereocenters. The summed E-state index contributed by atoms with van der Waals surface area (Å²) >= 11 is 0. The van der Waals surface area contributed by atoms with E-state index in [-0.39, 0.29) is 16.9 Å². The number of nitrogens with one attached hydrogen (secondary N) is 2. The fourth-order valence-corrected chi connectivity index (χ4v) is 4.25. The van der Waals surface area contributed by atoms with Gasteiger partial charge >= 0.3 is 5.97 Å². The van der Waals surface area contributed by atoms with Gasteiger partial charge in [0.2, 0.25) is 10.0 Å². The monoisotopic (exact) mass is 326 g/mol. The molecule has 0 aromatic heterocycles. The van der Waals surface area contributed by atoms with E-state index in [1.54, 1.807) is 6.92 Å². The number of benzene rings is 1. The third kappa shape index (κ3) is 3.66. The first kappa shape index (κ1) is 16.9. The highest BCUT2D eigenvalue weighted by molar-refractivity contribution is 7.89. The molecule has 1 saturated heterocycles. The van der Waals surface area contributed by atoms with Gasteiger partial charge < -0.3 is 10.1 Å². The maximum Gasteiger partial charge on any atom is 0.337 e. The van der Waals surface area contributed by atoms with E-state index in [1.165, 1.54) is 25.3 Å². The molecule has 1 fully saturated rings. The first-order chi connectivity index (χ1) is 10.3. The summed E-state index contributed by atoms with van der Waals surface area (Å²) in [5.74, 6) is -0.245. The standard InChI is InChI=1S/C15H22N2O4S/c1-10-8-12(15(18)21-3)4-5-14(10)22(19,20)17-13-6-7-16-9-11(13)2/h4-5,8,11,13,16-17H,6-7,9H2,1-3H3. The fourth-order valence-electron chi connectivity index (χ4n) is 2.65. The Labute approximate surface area is 131 Å². The Kier molecular flexibility index (Phi) is 5.20. The van der Waals surface area contributed by atoms with Crippen molar-refractivity contribution < 1.29 is 17.9 Å². The molecule has 1 aromatic carbocycles. The van der Waals surface area contributed by atoms with Crippen molar-refractivity contribution in [3.8, 4) is 0 Å². The average molecular weight is 326 g/mol. The number of piperidine rings is 1. The second-order valence-electron chi connectivity index (χ2n) is 5.67. The van der Waals surface area contributed by atoms with Crippen LogP contribution in [0.1, 0.15) is 29.3 Å². The molecule has 0 aliphatic carbocycles. The highest BCUT2D eigenvalue weighted by atomic mass is 32.2. The number of hydrogen-bond acceptors (Lipinski definition) is 5. The van der Waals surface area contributed by atoms with E-state index >= 15 is 0 Å². The van der Waals surface area contributed by atoms with Gasteiger partial charge in [0.15, 0.2) is 0 Å². The number of methoxy groups -OCH3 is 1. The molecule has 6 nitrogen and oxygen atoms in total. The predicted octanol–water partition coefficient (Wildman–Crippen LogP) is 1.06. The largest absolute Gasteiger partial charge is 0.465 e. The molecule has 1 heterocycles. The smallest absolute Gasteiger partial charge is 0.337 e. The van der Waals surface area contributed by atoms with Gasteiger partial charge in [-0.2, -0.15) is 0 Å². The summed E-state index contributed by atoms with van der Waals surface area (Å²) < 4.78 is 32.6. The minimum Gasteiger partial charge on any atom is -0.465 e. The highest BCUT2D eigenvalue weighted by Gasteiger charge is 2.27. The van der Waals surface area contributed by atoms with Crippen molar-refractivity contribution in [2.75, 3.05) is 20.2 Å². The van der Waals surface area contributed by atoms with Gasteiger partial charge in [0, 0.05) is 6.04 Å². The quantitative estimate of drug-likeness (QED) is 0.808. The molecule has 1 aliphatic heterocycles. The van der Waals surface area contributed by atoms with Gasteiger partial charge in [0.25, 0.3) is 0 Å². The van der Waals surface area contributed by atoms with Crippen molar-refractivity contribution in [1.29, 1.82) is 0 Å². The molecule has 0 spiro atoms. The summed E-state index contributed by atoms with van der Waals surface area (Å²) in [6.07, 6.45) is 0.764. The van der Waals surface area contributed by atoms with Gasteiger partial charge in [-0.05, 0) is 56.1 Å². The second kappa shape index (κ2) is 6.76. The topological polar surface area (TPSA) is 84.5 Å². The van der Waals surface area contributed by atoms with Crippen LogP contribution in [0.5, 0.6) is 0 Å². The molecular weight excluding hydrogens is 304 g/mol. The molecule has 22 heavy (non-hydrogen) atoms. The van der Waals surface area contributed by atoms with Crippen LogP contribution >= 0.6 is 0 Å². The zero-order valence-corrected chi connectivity index (χ0v) is 13.9. The SMILES string of the molecule is COC(=O)c1ccc(S(=O)(=O)NC2CCNCC2C)c(C)c1. The first-order valence-electron chi connectivity index (χ1n) is 7.27. The summed E-state index contributed by atoms with van der Waals surface area (Å²) in [4.78, 5) is 11.7.